The molecular weight excluding hydrogens is 338 g/mol. The molecule has 136 valence electrons. The molecule has 4 rings (SSSR count). The first-order valence-corrected chi connectivity index (χ1v) is 8.89. The van der Waals surface area contributed by atoms with Gasteiger partial charge in [0, 0.05) is 49.2 Å². The normalized spacial score (nSPS) is 15.0. The van der Waals surface area contributed by atoms with E-state index in [-0.39, 0.29) is 12.0 Å². The molecule has 1 atom stereocenters. The van der Waals surface area contributed by atoms with Crippen LogP contribution in [0, 0.1) is 0 Å². The third-order valence-electron chi connectivity index (χ3n) is 4.65. The van der Waals surface area contributed by atoms with E-state index in [9.17, 15) is 4.79 Å². The van der Waals surface area contributed by atoms with E-state index in [0.717, 1.165) is 28.9 Å². The second kappa shape index (κ2) is 7.11. The highest BCUT2D eigenvalue weighted by atomic mass is 16.5. The Morgan fingerprint density at radius 2 is 1.96 bits per heavy atom. The van der Waals surface area contributed by atoms with Gasteiger partial charge >= 0.3 is 0 Å². The maximum Gasteiger partial charge on any atom is 0.255 e. The molecule has 1 aromatic heterocycles. The van der Waals surface area contributed by atoms with Gasteiger partial charge in [0.05, 0.1) is 0 Å². The lowest BCUT2D eigenvalue weighted by Crippen LogP contribution is -2.14. The quantitative estimate of drug-likeness (QED) is 0.763. The molecule has 27 heavy (non-hydrogen) atoms. The first kappa shape index (κ1) is 17.1. The third-order valence-corrected chi connectivity index (χ3v) is 4.65. The van der Waals surface area contributed by atoms with Gasteiger partial charge in [-0.1, -0.05) is 24.3 Å². The monoisotopic (exact) mass is 359 g/mol. The first-order chi connectivity index (χ1) is 13.1. The number of anilines is 2. The molecule has 0 bridgehead atoms. The second-order valence-electron chi connectivity index (χ2n) is 6.80. The number of hydrogen-bond donors (Lipinski definition) is 1. The molecule has 5 nitrogen and oxygen atoms in total. The molecule has 0 aliphatic carbocycles. The van der Waals surface area contributed by atoms with Crippen molar-refractivity contribution < 1.29 is 9.53 Å². The van der Waals surface area contributed by atoms with E-state index in [2.05, 4.69) is 10.3 Å². The van der Waals surface area contributed by atoms with Crippen LogP contribution in [0.1, 0.15) is 27.6 Å². The van der Waals surface area contributed by atoms with E-state index >= 15 is 0 Å². The molecule has 5 heteroatoms. The number of nitrogens with one attached hydrogen (secondary N) is 1. The largest absolute Gasteiger partial charge is 0.469 e. The number of ether oxygens (including phenoxy) is 1. The SMILES string of the molecule is CN(C)c1cccc(C(=O)Nc2cccc(C3Cc4cccnc4O3)c2)c1. The smallest absolute Gasteiger partial charge is 0.255 e. The van der Waals surface area contributed by atoms with Gasteiger partial charge in [0.25, 0.3) is 5.91 Å². The van der Waals surface area contributed by atoms with Gasteiger partial charge in [0.1, 0.15) is 6.10 Å². The summed E-state index contributed by atoms with van der Waals surface area (Å²) in [6.45, 7) is 0. The Morgan fingerprint density at radius 3 is 2.78 bits per heavy atom. The Kier molecular flexibility index (Phi) is 4.50. The van der Waals surface area contributed by atoms with Crippen molar-refractivity contribution in [2.75, 3.05) is 24.3 Å². The van der Waals surface area contributed by atoms with Crippen molar-refractivity contribution in [3.05, 3.63) is 83.6 Å². The Balaban J connectivity index is 1.50. The Bertz CT molecular complexity index is 960. The molecule has 3 aromatic rings. The Morgan fingerprint density at radius 1 is 1.11 bits per heavy atom. The van der Waals surface area contributed by atoms with Crippen LogP contribution in [0.15, 0.2) is 66.9 Å². The molecule has 0 spiro atoms. The number of fused-ring (bicyclic) bond motifs is 1. The molecule has 1 amide bonds. The summed E-state index contributed by atoms with van der Waals surface area (Å²) in [6.07, 6.45) is 2.44. The van der Waals surface area contributed by atoms with E-state index in [1.807, 2.05) is 79.7 Å². The Labute approximate surface area is 158 Å². The maximum atomic E-state index is 12.6. The van der Waals surface area contributed by atoms with Crippen molar-refractivity contribution in [2.45, 2.75) is 12.5 Å². The molecule has 0 saturated heterocycles. The fraction of sp³-hybridized carbons (Fsp3) is 0.182. The third kappa shape index (κ3) is 3.62. The summed E-state index contributed by atoms with van der Waals surface area (Å²) in [5.41, 5.74) is 4.49. The van der Waals surface area contributed by atoms with Crippen LogP contribution in [0.2, 0.25) is 0 Å². The molecular formula is C22H21N3O2. The summed E-state index contributed by atoms with van der Waals surface area (Å²) in [4.78, 5) is 18.9. The molecule has 2 heterocycles. The van der Waals surface area contributed by atoms with Crippen molar-refractivity contribution in [3.8, 4) is 5.88 Å². The van der Waals surface area contributed by atoms with Crippen LogP contribution in [0.4, 0.5) is 11.4 Å². The summed E-state index contributed by atoms with van der Waals surface area (Å²) >= 11 is 0. The van der Waals surface area contributed by atoms with Crippen LogP contribution < -0.4 is 15.0 Å². The summed E-state index contributed by atoms with van der Waals surface area (Å²) in [5, 5.41) is 2.98. The van der Waals surface area contributed by atoms with E-state index in [1.54, 1.807) is 6.20 Å². The fourth-order valence-electron chi connectivity index (χ4n) is 3.19. The Hall–Kier alpha value is -3.34. The average Bonchev–Trinajstić information content (AvgIpc) is 3.12. The highest BCUT2D eigenvalue weighted by Crippen LogP contribution is 2.35. The minimum absolute atomic E-state index is 0.0798. The van der Waals surface area contributed by atoms with Gasteiger partial charge in [0.15, 0.2) is 0 Å². The second-order valence-corrected chi connectivity index (χ2v) is 6.80. The topological polar surface area (TPSA) is 54.5 Å². The summed E-state index contributed by atoms with van der Waals surface area (Å²) in [6, 6.07) is 19.3. The number of hydrogen-bond acceptors (Lipinski definition) is 4. The van der Waals surface area contributed by atoms with Gasteiger partial charge in [-0.05, 0) is 42.0 Å². The molecule has 1 aliphatic heterocycles. The number of aromatic nitrogens is 1. The van der Waals surface area contributed by atoms with Gasteiger partial charge in [-0.2, -0.15) is 0 Å². The van der Waals surface area contributed by atoms with Crippen LogP contribution in [-0.4, -0.2) is 25.0 Å². The van der Waals surface area contributed by atoms with Crippen molar-refractivity contribution in [1.82, 2.24) is 4.98 Å². The van der Waals surface area contributed by atoms with E-state index in [1.165, 1.54) is 0 Å². The minimum Gasteiger partial charge on any atom is -0.469 e. The van der Waals surface area contributed by atoms with Gasteiger partial charge in [-0.25, -0.2) is 4.98 Å². The zero-order chi connectivity index (χ0) is 18.8. The molecule has 0 radical (unpaired) electrons. The number of benzene rings is 2. The van der Waals surface area contributed by atoms with Gasteiger partial charge < -0.3 is 15.0 Å². The van der Waals surface area contributed by atoms with Crippen LogP contribution in [-0.2, 0) is 6.42 Å². The molecule has 1 N–H and O–H groups in total. The van der Waals surface area contributed by atoms with E-state index in [4.69, 9.17) is 4.74 Å². The number of rotatable bonds is 4. The number of carbonyl (C=O) groups is 1. The molecule has 1 unspecified atom stereocenters. The number of pyridine rings is 1. The molecule has 0 saturated carbocycles. The van der Waals surface area contributed by atoms with Gasteiger partial charge in [-0.15, -0.1) is 0 Å². The molecule has 1 aliphatic rings. The van der Waals surface area contributed by atoms with Crippen LogP contribution in [0.25, 0.3) is 0 Å². The van der Waals surface area contributed by atoms with Crippen LogP contribution in [0.5, 0.6) is 5.88 Å². The lowest BCUT2D eigenvalue weighted by Gasteiger charge is -2.14. The fourth-order valence-corrected chi connectivity index (χ4v) is 3.19. The standard InChI is InChI=1S/C22H21N3O2/c1-25(2)19-10-4-7-16(13-19)21(26)24-18-9-3-6-15(12-18)20-14-17-8-5-11-23-22(17)27-20/h3-13,20H,14H2,1-2H3,(H,24,26). The lowest BCUT2D eigenvalue weighted by atomic mass is 10.0. The van der Waals surface area contributed by atoms with Crippen molar-refractivity contribution in [3.63, 3.8) is 0 Å². The highest BCUT2D eigenvalue weighted by molar-refractivity contribution is 6.04. The average molecular weight is 359 g/mol. The number of amides is 1. The zero-order valence-electron chi connectivity index (χ0n) is 15.3. The van der Waals surface area contributed by atoms with Crippen molar-refractivity contribution >= 4 is 17.3 Å². The molecule has 2 aromatic carbocycles. The highest BCUT2D eigenvalue weighted by Gasteiger charge is 2.25. The van der Waals surface area contributed by atoms with Crippen molar-refractivity contribution in [2.24, 2.45) is 0 Å². The summed E-state index contributed by atoms with van der Waals surface area (Å²) < 4.78 is 5.95. The van der Waals surface area contributed by atoms with Crippen LogP contribution in [0.3, 0.4) is 0 Å². The minimum atomic E-state index is -0.131. The first-order valence-electron chi connectivity index (χ1n) is 8.89. The predicted octanol–water partition coefficient (Wildman–Crippen LogP) is 4.08. The lowest BCUT2D eigenvalue weighted by molar-refractivity contribution is 0.102. The predicted molar refractivity (Wildman–Crippen MR) is 106 cm³/mol. The van der Waals surface area contributed by atoms with Crippen molar-refractivity contribution in [1.29, 1.82) is 0 Å². The zero-order valence-corrected chi connectivity index (χ0v) is 15.3. The number of nitrogens with zero attached hydrogens (tertiary/aromatic N) is 2. The van der Waals surface area contributed by atoms with E-state index < -0.39 is 0 Å². The van der Waals surface area contributed by atoms with Gasteiger partial charge in [0.2, 0.25) is 5.88 Å². The summed E-state index contributed by atoms with van der Waals surface area (Å²) in [7, 11) is 3.91. The maximum absolute atomic E-state index is 12.6. The van der Waals surface area contributed by atoms with E-state index in [0.29, 0.717) is 11.4 Å². The van der Waals surface area contributed by atoms with Gasteiger partial charge in [-0.3, -0.25) is 4.79 Å². The number of carbonyl (C=O) groups excluding carboxylic acids is 1. The molecule has 0 fully saturated rings. The summed E-state index contributed by atoms with van der Waals surface area (Å²) in [5.74, 6) is 0.561. The van der Waals surface area contributed by atoms with Crippen LogP contribution >= 0.6 is 0 Å².